The lowest BCUT2D eigenvalue weighted by Gasteiger charge is -2.43. The summed E-state index contributed by atoms with van der Waals surface area (Å²) >= 11 is 0. The van der Waals surface area contributed by atoms with Crippen LogP contribution in [0.3, 0.4) is 0 Å². The number of piperazine rings is 1. The van der Waals surface area contributed by atoms with Crippen molar-refractivity contribution in [3.05, 3.63) is 29.3 Å². The Morgan fingerprint density at radius 1 is 1.10 bits per heavy atom. The van der Waals surface area contributed by atoms with Gasteiger partial charge in [-0.25, -0.2) is 0 Å². The minimum Gasteiger partial charge on any atom is -0.369 e. The molecule has 0 spiro atoms. The molecule has 0 saturated carbocycles. The first kappa shape index (κ1) is 15.3. The minimum absolute atomic E-state index is 0.285. The summed E-state index contributed by atoms with van der Waals surface area (Å²) in [5.41, 5.74) is 4.44. The van der Waals surface area contributed by atoms with Gasteiger partial charge in [0.05, 0.1) is 0 Å². The van der Waals surface area contributed by atoms with Crippen molar-refractivity contribution in [1.29, 1.82) is 0 Å². The fourth-order valence-corrected chi connectivity index (χ4v) is 2.97. The number of hydrogen-bond donors (Lipinski definition) is 1. The summed E-state index contributed by atoms with van der Waals surface area (Å²) in [6.07, 6.45) is 0. The summed E-state index contributed by atoms with van der Waals surface area (Å²) < 4.78 is 0. The molecule has 1 aliphatic heterocycles. The standard InChI is InChI=1S/C17H29N3/c1-14-6-7-16(15(12-14)13-18-5)19-8-10-20(11-9-19)17(2,3)4/h6-7,12,18H,8-11,13H2,1-5H3. The van der Waals surface area contributed by atoms with Gasteiger partial charge < -0.3 is 10.2 Å². The topological polar surface area (TPSA) is 18.5 Å². The zero-order chi connectivity index (χ0) is 14.8. The quantitative estimate of drug-likeness (QED) is 0.915. The van der Waals surface area contributed by atoms with Gasteiger partial charge in [-0.15, -0.1) is 0 Å². The van der Waals surface area contributed by atoms with Crippen LogP contribution in [-0.4, -0.2) is 43.7 Å². The van der Waals surface area contributed by atoms with E-state index in [1.54, 1.807) is 0 Å². The molecule has 0 amide bonds. The van der Waals surface area contributed by atoms with Gasteiger partial charge in [0.1, 0.15) is 0 Å². The molecular formula is C17H29N3. The maximum atomic E-state index is 3.29. The van der Waals surface area contributed by atoms with E-state index in [1.807, 2.05) is 7.05 Å². The fraction of sp³-hybridized carbons (Fsp3) is 0.647. The van der Waals surface area contributed by atoms with Crippen LogP contribution in [-0.2, 0) is 6.54 Å². The maximum Gasteiger partial charge on any atom is 0.0412 e. The smallest absolute Gasteiger partial charge is 0.0412 e. The molecule has 1 aliphatic rings. The van der Waals surface area contributed by atoms with E-state index in [2.05, 4.69) is 61.0 Å². The first-order chi connectivity index (χ1) is 9.41. The number of benzene rings is 1. The van der Waals surface area contributed by atoms with Crippen molar-refractivity contribution in [2.75, 3.05) is 38.1 Å². The van der Waals surface area contributed by atoms with Crippen LogP contribution >= 0.6 is 0 Å². The molecule has 0 unspecified atom stereocenters. The van der Waals surface area contributed by atoms with Gasteiger partial charge in [0, 0.05) is 44.0 Å². The molecule has 0 bridgehead atoms. The van der Waals surface area contributed by atoms with Gasteiger partial charge in [-0.2, -0.15) is 0 Å². The molecule has 3 heteroatoms. The Balaban J connectivity index is 2.10. The van der Waals surface area contributed by atoms with Gasteiger partial charge in [-0.3, -0.25) is 4.90 Å². The number of hydrogen-bond acceptors (Lipinski definition) is 3. The molecule has 0 aromatic heterocycles. The largest absolute Gasteiger partial charge is 0.369 e. The van der Waals surface area contributed by atoms with E-state index in [4.69, 9.17) is 0 Å². The highest BCUT2D eigenvalue weighted by molar-refractivity contribution is 5.55. The van der Waals surface area contributed by atoms with Gasteiger partial charge in [0.25, 0.3) is 0 Å². The summed E-state index contributed by atoms with van der Waals surface area (Å²) in [6, 6.07) is 6.82. The van der Waals surface area contributed by atoms with E-state index in [1.165, 1.54) is 16.8 Å². The van der Waals surface area contributed by atoms with Crippen LogP contribution in [0.25, 0.3) is 0 Å². The van der Waals surface area contributed by atoms with Crippen molar-refractivity contribution < 1.29 is 0 Å². The third-order valence-electron chi connectivity index (χ3n) is 4.17. The van der Waals surface area contributed by atoms with Crippen LogP contribution in [0.4, 0.5) is 5.69 Å². The molecule has 1 aromatic carbocycles. The van der Waals surface area contributed by atoms with Gasteiger partial charge in [0.15, 0.2) is 0 Å². The normalized spacial score (nSPS) is 17.6. The second-order valence-corrected chi connectivity index (χ2v) is 6.81. The number of aryl methyl sites for hydroxylation is 1. The third kappa shape index (κ3) is 3.53. The van der Waals surface area contributed by atoms with Crippen molar-refractivity contribution in [3.8, 4) is 0 Å². The summed E-state index contributed by atoms with van der Waals surface area (Å²) in [7, 11) is 2.02. The van der Waals surface area contributed by atoms with Gasteiger partial charge in [-0.05, 0) is 46.4 Å². The monoisotopic (exact) mass is 275 g/mol. The number of anilines is 1. The van der Waals surface area contributed by atoms with Gasteiger partial charge >= 0.3 is 0 Å². The molecular weight excluding hydrogens is 246 g/mol. The Hall–Kier alpha value is -1.06. The zero-order valence-corrected chi connectivity index (χ0v) is 13.7. The van der Waals surface area contributed by atoms with Crippen LogP contribution in [0.5, 0.6) is 0 Å². The summed E-state index contributed by atoms with van der Waals surface area (Å²) in [6.45, 7) is 14.6. The second kappa shape index (κ2) is 6.15. The molecule has 2 rings (SSSR count). The molecule has 3 nitrogen and oxygen atoms in total. The average molecular weight is 275 g/mol. The lowest BCUT2D eigenvalue weighted by atomic mass is 10.0. The van der Waals surface area contributed by atoms with E-state index in [9.17, 15) is 0 Å². The van der Waals surface area contributed by atoms with Crippen LogP contribution in [0.1, 0.15) is 31.9 Å². The Morgan fingerprint density at radius 2 is 1.75 bits per heavy atom. The van der Waals surface area contributed by atoms with Crippen molar-refractivity contribution in [2.45, 2.75) is 39.8 Å². The first-order valence-electron chi connectivity index (χ1n) is 7.66. The first-order valence-corrected chi connectivity index (χ1v) is 7.66. The summed E-state index contributed by atoms with van der Waals surface area (Å²) in [4.78, 5) is 5.11. The van der Waals surface area contributed by atoms with E-state index in [-0.39, 0.29) is 5.54 Å². The lowest BCUT2D eigenvalue weighted by Crippen LogP contribution is -2.53. The predicted octanol–water partition coefficient (Wildman–Crippen LogP) is 2.63. The highest BCUT2D eigenvalue weighted by Gasteiger charge is 2.26. The highest BCUT2D eigenvalue weighted by atomic mass is 15.3. The van der Waals surface area contributed by atoms with E-state index >= 15 is 0 Å². The second-order valence-electron chi connectivity index (χ2n) is 6.81. The third-order valence-corrected chi connectivity index (χ3v) is 4.17. The predicted molar refractivity (Wildman–Crippen MR) is 87.5 cm³/mol. The van der Waals surface area contributed by atoms with Gasteiger partial charge in [-0.1, -0.05) is 17.7 Å². The number of rotatable bonds is 3. The Kier molecular flexibility index (Phi) is 4.71. The van der Waals surface area contributed by atoms with E-state index in [0.717, 1.165) is 32.7 Å². The average Bonchev–Trinajstić information content (AvgIpc) is 2.38. The molecule has 1 heterocycles. The van der Waals surface area contributed by atoms with Crippen molar-refractivity contribution >= 4 is 5.69 Å². The number of nitrogens with zero attached hydrogens (tertiary/aromatic N) is 2. The molecule has 0 atom stereocenters. The lowest BCUT2D eigenvalue weighted by molar-refractivity contribution is 0.128. The zero-order valence-electron chi connectivity index (χ0n) is 13.7. The van der Waals surface area contributed by atoms with Crippen molar-refractivity contribution in [2.24, 2.45) is 0 Å². The van der Waals surface area contributed by atoms with Crippen LogP contribution in [0, 0.1) is 6.92 Å². The van der Waals surface area contributed by atoms with Crippen LogP contribution < -0.4 is 10.2 Å². The summed E-state index contributed by atoms with van der Waals surface area (Å²) in [5.74, 6) is 0. The molecule has 1 aromatic rings. The number of nitrogens with one attached hydrogen (secondary N) is 1. The SMILES string of the molecule is CNCc1cc(C)ccc1N1CCN(C(C)(C)C)CC1. The van der Waals surface area contributed by atoms with Crippen LogP contribution in [0.15, 0.2) is 18.2 Å². The van der Waals surface area contributed by atoms with Gasteiger partial charge in [0.2, 0.25) is 0 Å². The Morgan fingerprint density at radius 3 is 2.30 bits per heavy atom. The Labute approximate surface area is 124 Å². The molecule has 112 valence electrons. The maximum absolute atomic E-state index is 3.29. The molecule has 20 heavy (non-hydrogen) atoms. The molecule has 1 fully saturated rings. The van der Waals surface area contributed by atoms with Crippen LogP contribution in [0.2, 0.25) is 0 Å². The molecule has 0 aliphatic carbocycles. The molecule has 1 saturated heterocycles. The van der Waals surface area contributed by atoms with Crippen molar-refractivity contribution in [3.63, 3.8) is 0 Å². The minimum atomic E-state index is 0.285. The van der Waals surface area contributed by atoms with Crippen molar-refractivity contribution in [1.82, 2.24) is 10.2 Å². The molecule has 1 N–H and O–H groups in total. The summed E-state index contributed by atoms with van der Waals surface area (Å²) in [5, 5.41) is 3.29. The highest BCUT2D eigenvalue weighted by Crippen LogP contribution is 2.25. The van der Waals surface area contributed by atoms with E-state index < -0.39 is 0 Å². The fourth-order valence-electron chi connectivity index (χ4n) is 2.97. The Bertz CT molecular complexity index is 440. The van der Waals surface area contributed by atoms with E-state index in [0.29, 0.717) is 0 Å². The molecule has 0 radical (unpaired) electrons.